The Kier molecular flexibility index (Phi) is 8.53. The van der Waals surface area contributed by atoms with Crippen LogP contribution in [0.1, 0.15) is 46.0 Å². The molecule has 0 aliphatic carbocycles. The Hall–Kier alpha value is -2.80. The lowest BCUT2D eigenvalue weighted by molar-refractivity contribution is -0.136. The summed E-state index contributed by atoms with van der Waals surface area (Å²) in [5.41, 5.74) is 1.79. The summed E-state index contributed by atoms with van der Waals surface area (Å²) >= 11 is 1.26. The van der Waals surface area contributed by atoms with E-state index in [1.807, 2.05) is 59.2 Å². The third kappa shape index (κ3) is 6.10. The maximum absolute atomic E-state index is 11.8. The molecule has 7 heteroatoms. The molecule has 0 saturated carbocycles. The van der Waals surface area contributed by atoms with Crippen molar-refractivity contribution in [1.82, 2.24) is 14.8 Å². The second-order valence-electron chi connectivity index (χ2n) is 7.29. The van der Waals surface area contributed by atoms with Crippen LogP contribution in [0.5, 0.6) is 5.75 Å². The molecule has 3 rings (SSSR count). The van der Waals surface area contributed by atoms with Crippen molar-refractivity contribution < 1.29 is 14.6 Å². The van der Waals surface area contributed by atoms with Crippen molar-refractivity contribution in [3.8, 4) is 22.8 Å². The predicted octanol–water partition coefficient (Wildman–Crippen LogP) is 5.85. The van der Waals surface area contributed by atoms with Crippen molar-refractivity contribution in [2.75, 3.05) is 6.61 Å². The zero-order valence-electron chi connectivity index (χ0n) is 18.0. The van der Waals surface area contributed by atoms with Crippen LogP contribution in [0.4, 0.5) is 0 Å². The molecule has 1 N–H and O–H groups in total. The summed E-state index contributed by atoms with van der Waals surface area (Å²) in [6.45, 7) is 4.89. The number of unbranched alkanes of at least 4 members (excludes halogenated alkanes) is 2. The number of benzene rings is 2. The minimum absolute atomic E-state index is 0.561. The van der Waals surface area contributed by atoms with E-state index in [1.165, 1.54) is 11.8 Å². The number of nitrogens with zero attached hydrogens (tertiary/aromatic N) is 3. The van der Waals surface area contributed by atoms with Gasteiger partial charge in [-0.2, -0.15) is 0 Å². The molecule has 31 heavy (non-hydrogen) atoms. The highest BCUT2D eigenvalue weighted by molar-refractivity contribution is 8.00. The first-order chi connectivity index (χ1) is 15.1. The van der Waals surface area contributed by atoms with Gasteiger partial charge in [-0.1, -0.05) is 63.1 Å². The van der Waals surface area contributed by atoms with Gasteiger partial charge in [-0.3, -0.25) is 9.36 Å². The zero-order valence-corrected chi connectivity index (χ0v) is 18.8. The highest BCUT2D eigenvalue weighted by atomic mass is 32.2. The van der Waals surface area contributed by atoms with Crippen molar-refractivity contribution in [3.05, 3.63) is 54.6 Å². The third-order valence-electron chi connectivity index (χ3n) is 4.87. The predicted molar refractivity (Wildman–Crippen MR) is 124 cm³/mol. The molecule has 2 aromatic carbocycles. The Morgan fingerprint density at radius 3 is 2.39 bits per heavy atom. The molecule has 3 aromatic rings. The van der Waals surface area contributed by atoms with Gasteiger partial charge in [0.2, 0.25) is 0 Å². The average molecular weight is 440 g/mol. The maximum Gasteiger partial charge on any atom is 0.317 e. The van der Waals surface area contributed by atoms with Gasteiger partial charge in [0.25, 0.3) is 0 Å². The monoisotopic (exact) mass is 439 g/mol. The number of aliphatic carboxylic acids is 1. The summed E-state index contributed by atoms with van der Waals surface area (Å²) in [4.78, 5) is 11.8. The van der Waals surface area contributed by atoms with Crippen molar-refractivity contribution in [2.24, 2.45) is 0 Å². The van der Waals surface area contributed by atoms with E-state index in [0.29, 0.717) is 24.0 Å². The summed E-state index contributed by atoms with van der Waals surface area (Å²) in [7, 11) is 0. The lowest BCUT2D eigenvalue weighted by atomic mass is 10.2. The topological polar surface area (TPSA) is 77.2 Å². The first-order valence-corrected chi connectivity index (χ1v) is 11.7. The first kappa shape index (κ1) is 22.9. The van der Waals surface area contributed by atoms with Gasteiger partial charge in [0, 0.05) is 11.3 Å². The molecule has 0 aliphatic rings. The minimum atomic E-state index is -0.823. The Labute approximate surface area is 187 Å². The number of aromatic nitrogens is 3. The van der Waals surface area contributed by atoms with E-state index in [4.69, 9.17) is 4.74 Å². The van der Waals surface area contributed by atoms with Gasteiger partial charge in [0.1, 0.15) is 11.0 Å². The first-order valence-electron chi connectivity index (χ1n) is 10.8. The summed E-state index contributed by atoms with van der Waals surface area (Å²) < 4.78 is 7.69. The highest BCUT2D eigenvalue weighted by Gasteiger charge is 2.24. The van der Waals surface area contributed by atoms with Gasteiger partial charge >= 0.3 is 5.97 Å². The van der Waals surface area contributed by atoms with Gasteiger partial charge in [-0.05, 0) is 49.2 Å². The summed E-state index contributed by atoms with van der Waals surface area (Å²) in [6, 6.07) is 17.6. The second kappa shape index (κ2) is 11.6. The zero-order chi connectivity index (χ0) is 22.1. The van der Waals surface area contributed by atoms with E-state index >= 15 is 0 Å². The fourth-order valence-corrected chi connectivity index (χ4v) is 4.15. The Morgan fingerprint density at radius 1 is 1.03 bits per heavy atom. The molecule has 0 aliphatic heterocycles. The number of para-hydroxylation sites is 1. The number of hydrogen-bond acceptors (Lipinski definition) is 5. The third-order valence-corrected chi connectivity index (χ3v) is 6.07. The van der Waals surface area contributed by atoms with Crippen molar-refractivity contribution >= 4 is 17.7 Å². The average Bonchev–Trinajstić information content (AvgIpc) is 3.21. The summed E-state index contributed by atoms with van der Waals surface area (Å²) in [5, 5.41) is 18.5. The van der Waals surface area contributed by atoms with Gasteiger partial charge in [0.05, 0.1) is 6.61 Å². The Balaban J connectivity index is 1.93. The van der Waals surface area contributed by atoms with Crippen LogP contribution < -0.4 is 4.74 Å². The largest absolute Gasteiger partial charge is 0.494 e. The van der Waals surface area contributed by atoms with E-state index in [1.54, 1.807) is 0 Å². The molecule has 6 nitrogen and oxygen atoms in total. The summed E-state index contributed by atoms with van der Waals surface area (Å²) in [6.07, 6.45) is 4.52. The normalized spacial score (nSPS) is 11.9. The molecular weight excluding hydrogens is 410 g/mol. The van der Waals surface area contributed by atoms with Crippen LogP contribution in [0.25, 0.3) is 17.1 Å². The maximum atomic E-state index is 11.8. The number of carboxylic acids is 1. The standard InChI is InChI=1S/C24H29N3O3S/c1-3-5-12-21(23(28)29)31-24-26-25-22(27(24)19-10-8-7-9-11-19)18-13-15-20(16-14-18)30-17-6-4-2/h7-11,13-16,21H,3-6,12,17H2,1-2H3,(H,28,29). The van der Waals surface area contributed by atoms with Crippen LogP contribution in [0, 0.1) is 0 Å². The molecule has 1 atom stereocenters. The van der Waals surface area contributed by atoms with Crippen LogP contribution in [-0.2, 0) is 4.79 Å². The SMILES string of the molecule is CCCCOc1ccc(-c2nnc(SC(CCCC)C(=O)O)n2-c2ccccc2)cc1. The number of carbonyl (C=O) groups is 1. The Bertz CT molecular complexity index is 958. The van der Waals surface area contributed by atoms with Gasteiger partial charge in [-0.15, -0.1) is 10.2 Å². The van der Waals surface area contributed by atoms with E-state index in [0.717, 1.165) is 42.7 Å². The molecule has 0 bridgehead atoms. The number of rotatable bonds is 12. The smallest absolute Gasteiger partial charge is 0.317 e. The summed E-state index contributed by atoms with van der Waals surface area (Å²) in [5.74, 6) is 0.674. The fraction of sp³-hybridized carbons (Fsp3) is 0.375. The van der Waals surface area contributed by atoms with Crippen LogP contribution in [0.3, 0.4) is 0 Å². The van der Waals surface area contributed by atoms with Crippen LogP contribution in [0.15, 0.2) is 59.8 Å². The quantitative estimate of drug-likeness (QED) is 0.282. The molecule has 1 unspecified atom stereocenters. The van der Waals surface area contributed by atoms with E-state index in [-0.39, 0.29) is 0 Å². The van der Waals surface area contributed by atoms with E-state index in [9.17, 15) is 9.90 Å². The van der Waals surface area contributed by atoms with Crippen LogP contribution >= 0.6 is 11.8 Å². The van der Waals surface area contributed by atoms with Crippen LogP contribution in [0.2, 0.25) is 0 Å². The van der Waals surface area contributed by atoms with Gasteiger partial charge in [0.15, 0.2) is 11.0 Å². The number of ether oxygens (including phenoxy) is 1. The number of hydrogen-bond donors (Lipinski definition) is 1. The fourth-order valence-electron chi connectivity index (χ4n) is 3.13. The lowest BCUT2D eigenvalue weighted by Gasteiger charge is -2.14. The number of carboxylic acid groups (broad SMARTS) is 1. The van der Waals surface area contributed by atoms with Crippen molar-refractivity contribution in [1.29, 1.82) is 0 Å². The molecule has 164 valence electrons. The van der Waals surface area contributed by atoms with Gasteiger partial charge < -0.3 is 9.84 Å². The highest BCUT2D eigenvalue weighted by Crippen LogP contribution is 2.32. The molecule has 0 amide bonds. The second-order valence-corrected chi connectivity index (χ2v) is 8.46. The minimum Gasteiger partial charge on any atom is -0.494 e. The van der Waals surface area contributed by atoms with Crippen molar-refractivity contribution in [3.63, 3.8) is 0 Å². The van der Waals surface area contributed by atoms with Crippen molar-refractivity contribution in [2.45, 2.75) is 56.4 Å². The Morgan fingerprint density at radius 2 is 1.74 bits per heavy atom. The van der Waals surface area contributed by atoms with Gasteiger partial charge in [-0.25, -0.2) is 0 Å². The van der Waals surface area contributed by atoms with E-state index < -0.39 is 11.2 Å². The lowest BCUT2D eigenvalue weighted by Crippen LogP contribution is -2.17. The molecule has 0 fully saturated rings. The molecule has 1 aromatic heterocycles. The molecule has 0 radical (unpaired) electrons. The molecule has 1 heterocycles. The molecule has 0 spiro atoms. The molecule has 0 saturated heterocycles. The molecular formula is C24H29N3O3S. The van der Waals surface area contributed by atoms with E-state index in [2.05, 4.69) is 24.0 Å². The van der Waals surface area contributed by atoms with Crippen LogP contribution in [-0.4, -0.2) is 37.7 Å². The number of thioether (sulfide) groups is 1.